The van der Waals surface area contributed by atoms with E-state index in [1.807, 2.05) is 6.92 Å². The number of aryl methyl sites for hydroxylation is 1. The largest absolute Gasteiger partial charge is 0.410 e. The van der Waals surface area contributed by atoms with Crippen LogP contribution >= 0.6 is 0 Å². The summed E-state index contributed by atoms with van der Waals surface area (Å²) in [6, 6.07) is 8.50. The van der Waals surface area contributed by atoms with Crippen molar-refractivity contribution in [1.29, 1.82) is 0 Å². The summed E-state index contributed by atoms with van der Waals surface area (Å²) in [5.41, 5.74) is 1.93. The fourth-order valence-corrected chi connectivity index (χ4v) is 2.41. The Hall–Kier alpha value is -3.15. The molecule has 0 atom stereocenters. The molecular weight excluding hydrogens is 312 g/mol. The highest BCUT2D eigenvalue weighted by atomic mass is 19.1. The summed E-state index contributed by atoms with van der Waals surface area (Å²) in [4.78, 5) is 8.00. The van der Waals surface area contributed by atoms with E-state index in [0.717, 1.165) is 5.56 Å². The molecule has 0 spiro atoms. The Morgan fingerprint density at radius 2 is 1.75 bits per heavy atom. The van der Waals surface area contributed by atoms with Crippen LogP contribution in [0.5, 0.6) is 0 Å². The van der Waals surface area contributed by atoms with Gasteiger partial charge in [-0.15, -0.1) is 0 Å². The average Bonchev–Trinajstić information content (AvgIpc) is 2.59. The molecule has 0 unspecified atom stereocenters. The van der Waals surface area contributed by atoms with Gasteiger partial charge in [0.2, 0.25) is 0 Å². The molecule has 0 saturated heterocycles. The third-order valence-corrected chi connectivity index (χ3v) is 3.66. The lowest BCUT2D eigenvalue weighted by Gasteiger charge is -2.10. The first-order chi connectivity index (χ1) is 11.6. The predicted molar refractivity (Wildman–Crippen MR) is 86.0 cm³/mol. The molecule has 0 radical (unpaired) electrons. The van der Waals surface area contributed by atoms with E-state index in [2.05, 4.69) is 15.1 Å². The highest BCUT2D eigenvalue weighted by Crippen LogP contribution is 2.27. The van der Waals surface area contributed by atoms with Crippen LogP contribution in [0.15, 0.2) is 60.1 Å². The van der Waals surface area contributed by atoms with Crippen molar-refractivity contribution < 1.29 is 14.0 Å². The number of hydrogen-bond acceptors (Lipinski definition) is 4. The molecule has 2 aromatic heterocycles. The summed E-state index contributed by atoms with van der Waals surface area (Å²) in [5.74, 6) is -1.07. The van der Waals surface area contributed by atoms with Crippen molar-refractivity contribution >= 4 is 5.71 Å². The van der Waals surface area contributed by atoms with E-state index in [1.165, 1.54) is 36.5 Å². The Kier molecular flexibility index (Phi) is 4.29. The molecule has 1 N–H and O–H groups in total. The number of pyridine rings is 2. The van der Waals surface area contributed by atoms with E-state index in [-0.39, 0.29) is 11.4 Å². The lowest BCUT2D eigenvalue weighted by atomic mass is 9.99. The zero-order valence-electron chi connectivity index (χ0n) is 12.7. The normalized spacial score (nSPS) is 11.5. The van der Waals surface area contributed by atoms with E-state index < -0.39 is 11.6 Å². The monoisotopic (exact) mass is 325 g/mol. The van der Waals surface area contributed by atoms with Crippen molar-refractivity contribution in [1.82, 2.24) is 9.97 Å². The number of nitrogens with zero attached hydrogens (tertiary/aromatic N) is 3. The molecule has 2 heterocycles. The highest BCUT2D eigenvalue weighted by Gasteiger charge is 2.19. The van der Waals surface area contributed by atoms with E-state index in [1.54, 1.807) is 18.5 Å². The van der Waals surface area contributed by atoms with Gasteiger partial charge in [-0.2, -0.15) is 0 Å². The number of benzene rings is 1. The lowest BCUT2D eigenvalue weighted by molar-refractivity contribution is 0.319. The third kappa shape index (κ3) is 2.86. The van der Waals surface area contributed by atoms with Crippen LogP contribution in [0.1, 0.15) is 16.8 Å². The van der Waals surface area contributed by atoms with Crippen molar-refractivity contribution in [3.63, 3.8) is 0 Å². The summed E-state index contributed by atoms with van der Waals surface area (Å²) < 4.78 is 28.1. The predicted octanol–water partition coefficient (Wildman–Crippen LogP) is 3.96. The Bertz CT molecular complexity index is 908. The Labute approximate surface area is 137 Å². The summed E-state index contributed by atoms with van der Waals surface area (Å²) in [7, 11) is 0. The zero-order chi connectivity index (χ0) is 17.1. The lowest BCUT2D eigenvalue weighted by Crippen LogP contribution is -2.10. The molecule has 3 rings (SSSR count). The Morgan fingerprint density at radius 3 is 2.42 bits per heavy atom. The van der Waals surface area contributed by atoms with Crippen LogP contribution in [-0.2, 0) is 0 Å². The second kappa shape index (κ2) is 6.54. The standard InChI is InChI=1S/C18H13F2N3O/c1-11-6-8-21-10-15(11)14-7-9-22-18(16(14)20)17(23-24)12-2-4-13(19)5-3-12/h2-10,24H,1H3. The van der Waals surface area contributed by atoms with Gasteiger partial charge in [0.05, 0.1) is 0 Å². The van der Waals surface area contributed by atoms with Crippen LogP contribution in [-0.4, -0.2) is 20.9 Å². The van der Waals surface area contributed by atoms with Crippen LogP contribution in [0.2, 0.25) is 0 Å². The molecule has 24 heavy (non-hydrogen) atoms. The third-order valence-electron chi connectivity index (χ3n) is 3.66. The summed E-state index contributed by atoms with van der Waals surface area (Å²) in [5, 5.41) is 12.5. The second-order valence-electron chi connectivity index (χ2n) is 5.17. The number of aromatic nitrogens is 2. The number of rotatable bonds is 3. The molecule has 0 aliphatic rings. The number of hydrogen-bond donors (Lipinski definition) is 1. The smallest absolute Gasteiger partial charge is 0.159 e. The summed E-state index contributed by atoms with van der Waals surface area (Å²) in [6.45, 7) is 1.84. The van der Waals surface area contributed by atoms with Crippen molar-refractivity contribution in [2.75, 3.05) is 0 Å². The van der Waals surface area contributed by atoms with Crippen LogP contribution < -0.4 is 0 Å². The topological polar surface area (TPSA) is 58.4 Å². The van der Waals surface area contributed by atoms with Gasteiger partial charge in [0.25, 0.3) is 0 Å². The van der Waals surface area contributed by atoms with Gasteiger partial charge in [0.15, 0.2) is 5.82 Å². The zero-order valence-corrected chi connectivity index (χ0v) is 12.7. The first kappa shape index (κ1) is 15.7. The van der Waals surface area contributed by atoms with Crippen LogP contribution in [0.4, 0.5) is 8.78 Å². The molecule has 6 heteroatoms. The van der Waals surface area contributed by atoms with Crippen LogP contribution in [0, 0.1) is 18.6 Å². The quantitative estimate of drug-likeness (QED) is 0.450. The molecular formula is C18H13F2N3O. The van der Waals surface area contributed by atoms with E-state index in [0.29, 0.717) is 16.7 Å². The molecule has 3 aromatic rings. The first-order valence-electron chi connectivity index (χ1n) is 7.15. The van der Waals surface area contributed by atoms with E-state index in [9.17, 15) is 14.0 Å². The second-order valence-corrected chi connectivity index (χ2v) is 5.17. The maximum absolute atomic E-state index is 15.0. The van der Waals surface area contributed by atoms with Gasteiger partial charge < -0.3 is 5.21 Å². The molecule has 0 saturated carbocycles. The fraction of sp³-hybridized carbons (Fsp3) is 0.0556. The van der Waals surface area contributed by atoms with Gasteiger partial charge in [-0.1, -0.05) is 5.16 Å². The Balaban J connectivity index is 2.14. The minimum Gasteiger partial charge on any atom is -0.410 e. The van der Waals surface area contributed by atoms with Crippen molar-refractivity contribution in [2.24, 2.45) is 5.16 Å². The highest BCUT2D eigenvalue weighted by molar-refractivity contribution is 6.12. The maximum atomic E-state index is 15.0. The molecule has 0 aliphatic carbocycles. The average molecular weight is 325 g/mol. The van der Waals surface area contributed by atoms with Gasteiger partial charge in [0.1, 0.15) is 17.2 Å². The molecule has 0 aliphatic heterocycles. The Morgan fingerprint density at radius 1 is 1.00 bits per heavy atom. The molecule has 0 amide bonds. The SMILES string of the molecule is Cc1ccncc1-c1ccnc(C(=NO)c2ccc(F)cc2)c1F. The summed E-state index contributed by atoms with van der Waals surface area (Å²) >= 11 is 0. The number of halogens is 2. The van der Waals surface area contributed by atoms with Crippen molar-refractivity contribution in [3.8, 4) is 11.1 Å². The van der Waals surface area contributed by atoms with Gasteiger partial charge in [-0.05, 0) is 48.9 Å². The summed E-state index contributed by atoms with van der Waals surface area (Å²) in [6.07, 6.45) is 4.61. The van der Waals surface area contributed by atoms with Gasteiger partial charge in [-0.25, -0.2) is 8.78 Å². The maximum Gasteiger partial charge on any atom is 0.159 e. The van der Waals surface area contributed by atoms with Crippen molar-refractivity contribution in [2.45, 2.75) is 6.92 Å². The van der Waals surface area contributed by atoms with Crippen LogP contribution in [0.3, 0.4) is 0 Å². The first-order valence-corrected chi connectivity index (χ1v) is 7.15. The number of oxime groups is 1. The minimum atomic E-state index is -0.634. The molecule has 4 nitrogen and oxygen atoms in total. The van der Waals surface area contributed by atoms with E-state index in [4.69, 9.17) is 0 Å². The molecule has 1 aromatic carbocycles. The van der Waals surface area contributed by atoms with E-state index >= 15 is 0 Å². The van der Waals surface area contributed by atoms with Crippen LogP contribution in [0.25, 0.3) is 11.1 Å². The van der Waals surface area contributed by atoms with Gasteiger partial charge in [-0.3, -0.25) is 9.97 Å². The molecule has 0 bridgehead atoms. The molecule has 0 fully saturated rings. The van der Waals surface area contributed by atoms with Gasteiger partial charge in [0, 0.05) is 35.3 Å². The van der Waals surface area contributed by atoms with Crippen molar-refractivity contribution in [3.05, 3.63) is 83.4 Å². The fourth-order valence-electron chi connectivity index (χ4n) is 2.41. The molecule has 120 valence electrons. The minimum absolute atomic E-state index is 0.0732. The van der Waals surface area contributed by atoms with Gasteiger partial charge >= 0.3 is 0 Å².